The molecule has 0 heterocycles. The summed E-state index contributed by atoms with van der Waals surface area (Å²) in [7, 11) is 0. The number of carbonyl (C=O) groups excluding carboxylic acids is 2. The van der Waals surface area contributed by atoms with Gasteiger partial charge in [0.05, 0.1) is 12.2 Å². The highest BCUT2D eigenvalue weighted by molar-refractivity contribution is 5.96. The van der Waals surface area contributed by atoms with Crippen LogP contribution in [0.25, 0.3) is 0 Å². The molecule has 0 saturated carbocycles. The molecule has 5 nitrogen and oxygen atoms in total. The van der Waals surface area contributed by atoms with Crippen molar-refractivity contribution in [3.05, 3.63) is 59.7 Å². The van der Waals surface area contributed by atoms with Crippen LogP contribution in [-0.2, 0) is 9.53 Å². The van der Waals surface area contributed by atoms with E-state index in [1.807, 2.05) is 38.1 Å². The minimum atomic E-state index is -0.618. The number of esters is 1. The van der Waals surface area contributed by atoms with Gasteiger partial charge in [0.2, 0.25) is 0 Å². The van der Waals surface area contributed by atoms with Crippen LogP contribution < -0.4 is 10.1 Å². The third kappa shape index (κ3) is 5.35. The monoisotopic (exact) mass is 341 g/mol. The molecule has 0 aromatic heterocycles. The van der Waals surface area contributed by atoms with Crippen molar-refractivity contribution in [2.75, 3.05) is 11.9 Å². The maximum Gasteiger partial charge on any atom is 0.338 e. The van der Waals surface area contributed by atoms with Gasteiger partial charge in [-0.25, -0.2) is 4.79 Å². The van der Waals surface area contributed by atoms with Gasteiger partial charge in [-0.2, -0.15) is 0 Å². The molecule has 1 N–H and O–H groups in total. The molecule has 0 bridgehead atoms. The normalized spacial score (nSPS) is 11.5. The fourth-order valence-electron chi connectivity index (χ4n) is 2.34. The molecule has 0 aliphatic rings. The molecule has 5 heteroatoms. The van der Waals surface area contributed by atoms with E-state index in [4.69, 9.17) is 9.47 Å². The van der Waals surface area contributed by atoms with E-state index >= 15 is 0 Å². The summed E-state index contributed by atoms with van der Waals surface area (Å²) in [6.07, 6.45) is -0.0924. The quantitative estimate of drug-likeness (QED) is 0.774. The summed E-state index contributed by atoms with van der Waals surface area (Å²) in [5, 5.41) is 2.79. The topological polar surface area (TPSA) is 64.6 Å². The van der Waals surface area contributed by atoms with Crippen LogP contribution in [0.3, 0.4) is 0 Å². The highest BCUT2D eigenvalue weighted by Gasteiger charge is 2.19. The van der Waals surface area contributed by atoms with Crippen molar-refractivity contribution < 1.29 is 19.1 Å². The molecule has 0 saturated heterocycles. The van der Waals surface area contributed by atoms with Crippen molar-refractivity contribution in [2.24, 2.45) is 0 Å². The standard InChI is InChI=1S/C20H23NO4/c1-4-18(25-17-11-6-8-14(3)12-17)19(22)21-16-10-7-9-15(13-16)20(23)24-5-2/h6-13,18H,4-5H2,1-3H3,(H,21,22)/t18-/m1/s1. The molecule has 2 aromatic carbocycles. The third-order valence-corrected chi connectivity index (χ3v) is 3.57. The zero-order valence-corrected chi connectivity index (χ0v) is 14.7. The number of anilines is 1. The first-order chi connectivity index (χ1) is 12.0. The second-order valence-corrected chi connectivity index (χ2v) is 5.62. The minimum Gasteiger partial charge on any atom is -0.481 e. The van der Waals surface area contributed by atoms with Gasteiger partial charge in [0, 0.05) is 5.69 Å². The number of amides is 1. The Labute approximate surface area is 148 Å². The Morgan fingerprint density at radius 1 is 1.08 bits per heavy atom. The molecular weight excluding hydrogens is 318 g/mol. The molecule has 2 rings (SSSR count). The smallest absolute Gasteiger partial charge is 0.338 e. The van der Waals surface area contributed by atoms with E-state index in [2.05, 4.69) is 5.32 Å². The van der Waals surface area contributed by atoms with Crippen LogP contribution in [0, 0.1) is 6.92 Å². The lowest BCUT2D eigenvalue weighted by Gasteiger charge is -2.18. The maximum atomic E-state index is 12.5. The lowest BCUT2D eigenvalue weighted by atomic mass is 10.2. The van der Waals surface area contributed by atoms with Crippen LogP contribution in [-0.4, -0.2) is 24.6 Å². The second-order valence-electron chi connectivity index (χ2n) is 5.62. The Hall–Kier alpha value is -2.82. The van der Waals surface area contributed by atoms with E-state index in [1.54, 1.807) is 31.2 Å². The van der Waals surface area contributed by atoms with Gasteiger partial charge in [-0.3, -0.25) is 4.79 Å². The minimum absolute atomic E-state index is 0.259. The molecule has 0 radical (unpaired) electrons. The lowest BCUT2D eigenvalue weighted by Crippen LogP contribution is -2.32. The zero-order valence-electron chi connectivity index (χ0n) is 14.7. The van der Waals surface area contributed by atoms with Crippen molar-refractivity contribution in [1.29, 1.82) is 0 Å². The van der Waals surface area contributed by atoms with E-state index in [9.17, 15) is 9.59 Å². The van der Waals surface area contributed by atoms with Gasteiger partial charge in [0.25, 0.3) is 5.91 Å². The Kier molecular flexibility index (Phi) is 6.57. The number of benzene rings is 2. The molecule has 0 aliphatic heterocycles. The summed E-state index contributed by atoms with van der Waals surface area (Å²) in [5.74, 6) is -0.0195. The lowest BCUT2D eigenvalue weighted by molar-refractivity contribution is -0.122. The number of hydrogen-bond donors (Lipinski definition) is 1. The van der Waals surface area contributed by atoms with Gasteiger partial charge in [-0.05, 0) is 56.2 Å². The largest absolute Gasteiger partial charge is 0.481 e. The highest BCUT2D eigenvalue weighted by Crippen LogP contribution is 2.17. The summed E-state index contributed by atoms with van der Waals surface area (Å²) < 4.78 is 10.8. The summed E-state index contributed by atoms with van der Waals surface area (Å²) in [5.41, 5.74) is 1.99. The molecule has 25 heavy (non-hydrogen) atoms. The first-order valence-corrected chi connectivity index (χ1v) is 8.34. The first-order valence-electron chi connectivity index (χ1n) is 8.34. The molecule has 2 aromatic rings. The van der Waals surface area contributed by atoms with E-state index in [1.165, 1.54) is 0 Å². The Bertz CT molecular complexity index is 742. The SMILES string of the molecule is CCOC(=O)c1cccc(NC(=O)[C@@H](CC)Oc2cccc(C)c2)c1. The van der Waals surface area contributed by atoms with E-state index in [0.717, 1.165) is 5.56 Å². The van der Waals surface area contributed by atoms with Crippen molar-refractivity contribution >= 4 is 17.6 Å². The molecule has 0 unspecified atom stereocenters. The predicted octanol–water partition coefficient (Wildman–Crippen LogP) is 3.97. The van der Waals surface area contributed by atoms with Gasteiger partial charge in [0.15, 0.2) is 6.10 Å². The highest BCUT2D eigenvalue weighted by atomic mass is 16.5. The van der Waals surface area contributed by atoms with Gasteiger partial charge in [-0.15, -0.1) is 0 Å². The third-order valence-electron chi connectivity index (χ3n) is 3.57. The summed E-state index contributed by atoms with van der Waals surface area (Å²) in [6.45, 7) is 5.90. The number of carbonyl (C=O) groups is 2. The number of hydrogen-bond acceptors (Lipinski definition) is 4. The summed E-state index contributed by atoms with van der Waals surface area (Å²) >= 11 is 0. The fraction of sp³-hybridized carbons (Fsp3) is 0.300. The summed E-state index contributed by atoms with van der Waals surface area (Å²) in [6, 6.07) is 14.2. The van der Waals surface area contributed by atoms with Gasteiger partial charge >= 0.3 is 5.97 Å². The number of rotatable bonds is 7. The summed E-state index contributed by atoms with van der Waals surface area (Å²) in [4.78, 5) is 24.3. The van der Waals surface area contributed by atoms with E-state index in [0.29, 0.717) is 30.0 Å². The molecule has 0 aliphatic carbocycles. The molecule has 0 fully saturated rings. The molecule has 0 spiro atoms. The predicted molar refractivity (Wildman–Crippen MR) is 96.9 cm³/mol. The average molecular weight is 341 g/mol. The van der Waals surface area contributed by atoms with E-state index in [-0.39, 0.29) is 5.91 Å². The molecule has 1 amide bonds. The van der Waals surface area contributed by atoms with Gasteiger partial charge in [0.1, 0.15) is 5.75 Å². The van der Waals surface area contributed by atoms with Crippen LogP contribution in [0.5, 0.6) is 5.75 Å². The molecule has 132 valence electrons. The van der Waals surface area contributed by atoms with E-state index < -0.39 is 12.1 Å². The Balaban J connectivity index is 2.06. The van der Waals surface area contributed by atoms with Crippen LogP contribution in [0.15, 0.2) is 48.5 Å². The van der Waals surface area contributed by atoms with Gasteiger partial charge < -0.3 is 14.8 Å². The van der Waals surface area contributed by atoms with Crippen molar-refractivity contribution in [1.82, 2.24) is 0 Å². The van der Waals surface area contributed by atoms with Crippen LogP contribution in [0.4, 0.5) is 5.69 Å². The zero-order chi connectivity index (χ0) is 18.2. The fourth-order valence-corrected chi connectivity index (χ4v) is 2.34. The second kappa shape index (κ2) is 8.87. The van der Waals surface area contributed by atoms with Crippen molar-refractivity contribution in [3.8, 4) is 5.75 Å². The van der Waals surface area contributed by atoms with Gasteiger partial charge in [-0.1, -0.05) is 25.1 Å². The molecule has 1 atom stereocenters. The molecular formula is C20H23NO4. The van der Waals surface area contributed by atoms with Crippen LogP contribution in [0.2, 0.25) is 0 Å². The van der Waals surface area contributed by atoms with Crippen molar-refractivity contribution in [3.63, 3.8) is 0 Å². The Morgan fingerprint density at radius 3 is 2.52 bits per heavy atom. The maximum absolute atomic E-state index is 12.5. The number of ether oxygens (including phenoxy) is 2. The Morgan fingerprint density at radius 2 is 1.84 bits per heavy atom. The number of nitrogens with one attached hydrogen (secondary N) is 1. The first kappa shape index (κ1) is 18.5. The van der Waals surface area contributed by atoms with Crippen molar-refractivity contribution in [2.45, 2.75) is 33.3 Å². The van der Waals surface area contributed by atoms with Crippen LogP contribution >= 0.6 is 0 Å². The average Bonchev–Trinajstić information content (AvgIpc) is 2.60. The van der Waals surface area contributed by atoms with Crippen LogP contribution in [0.1, 0.15) is 36.2 Å². The number of aryl methyl sites for hydroxylation is 1.